The summed E-state index contributed by atoms with van der Waals surface area (Å²) in [6.45, 7) is 2.23. The molecule has 0 saturated carbocycles. The average molecular weight is 396 g/mol. The van der Waals surface area contributed by atoms with Crippen molar-refractivity contribution in [2.24, 2.45) is 5.92 Å². The number of ether oxygens (including phenoxy) is 1. The van der Waals surface area contributed by atoms with E-state index < -0.39 is 17.9 Å². The van der Waals surface area contributed by atoms with Crippen LogP contribution in [0.15, 0.2) is 48.5 Å². The minimum absolute atomic E-state index is 0.0901. The lowest BCUT2D eigenvalue weighted by Crippen LogP contribution is -2.46. The van der Waals surface area contributed by atoms with Crippen LogP contribution in [0.5, 0.6) is 5.75 Å². The van der Waals surface area contributed by atoms with Crippen molar-refractivity contribution in [2.75, 3.05) is 18.6 Å². The Balaban J connectivity index is 1.67. The van der Waals surface area contributed by atoms with Gasteiger partial charge in [0.05, 0.1) is 13.0 Å². The Morgan fingerprint density at radius 2 is 1.83 bits per heavy atom. The second kappa shape index (κ2) is 8.77. The molecule has 0 aliphatic carbocycles. The maximum atomic E-state index is 12.8. The molecule has 29 heavy (non-hydrogen) atoms. The van der Waals surface area contributed by atoms with E-state index in [-0.39, 0.29) is 37.0 Å². The van der Waals surface area contributed by atoms with Crippen LogP contribution >= 0.6 is 0 Å². The number of phenolic OH excluding ortho intramolecular Hbond substituents is 1. The van der Waals surface area contributed by atoms with Gasteiger partial charge in [0.25, 0.3) is 0 Å². The fourth-order valence-electron chi connectivity index (χ4n) is 3.35. The number of phenols is 1. The lowest BCUT2D eigenvalue weighted by molar-refractivity contribution is -0.145. The third-order valence-corrected chi connectivity index (χ3v) is 5.02. The molecule has 0 aromatic heterocycles. The Bertz CT molecular complexity index is 892. The molecule has 0 bridgehead atoms. The normalized spacial score (nSPS) is 17.1. The highest BCUT2D eigenvalue weighted by Gasteiger charge is 2.36. The number of anilines is 1. The van der Waals surface area contributed by atoms with Gasteiger partial charge in [0.1, 0.15) is 11.8 Å². The van der Waals surface area contributed by atoms with E-state index in [1.54, 1.807) is 17.0 Å². The minimum Gasteiger partial charge on any atom is -0.508 e. The maximum absolute atomic E-state index is 12.8. The molecular weight excluding hydrogens is 372 g/mol. The highest BCUT2D eigenvalue weighted by molar-refractivity contribution is 6.00. The van der Waals surface area contributed by atoms with Crippen LogP contribution in [-0.4, -0.2) is 42.6 Å². The summed E-state index contributed by atoms with van der Waals surface area (Å²) in [5.41, 5.74) is 2.61. The summed E-state index contributed by atoms with van der Waals surface area (Å²) >= 11 is 0. The smallest absolute Gasteiger partial charge is 0.328 e. The number of rotatable bonds is 6. The lowest BCUT2D eigenvalue weighted by Gasteiger charge is -2.20. The molecular formula is C22H24N2O5. The zero-order chi connectivity index (χ0) is 21.0. The van der Waals surface area contributed by atoms with Crippen molar-refractivity contribution >= 4 is 23.5 Å². The van der Waals surface area contributed by atoms with Gasteiger partial charge in [-0.1, -0.05) is 29.8 Å². The molecule has 1 aliphatic rings. The van der Waals surface area contributed by atoms with Crippen molar-refractivity contribution in [1.29, 1.82) is 0 Å². The summed E-state index contributed by atoms with van der Waals surface area (Å²) in [4.78, 5) is 38.9. The Labute approximate surface area is 169 Å². The molecule has 2 aromatic rings. The van der Waals surface area contributed by atoms with E-state index in [2.05, 4.69) is 5.32 Å². The highest BCUT2D eigenvalue weighted by Crippen LogP contribution is 2.25. The Morgan fingerprint density at radius 1 is 1.17 bits per heavy atom. The molecule has 2 amide bonds. The summed E-state index contributed by atoms with van der Waals surface area (Å²) in [5, 5.41) is 12.1. The molecule has 2 atom stereocenters. The van der Waals surface area contributed by atoms with E-state index >= 15 is 0 Å². The molecule has 1 aliphatic heterocycles. The molecule has 1 fully saturated rings. The predicted molar refractivity (Wildman–Crippen MR) is 107 cm³/mol. The molecule has 1 heterocycles. The Hall–Kier alpha value is -3.35. The van der Waals surface area contributed by atoms with Crippen molar-refractivity contribution in [3.63, 3.8) is 0 Å². The van der Waals surface area contributed by atoms with Gasteiger partial charge in [-0.25, -0.2) is 4.79 Å². The quantitative estimate of drug-likeness (QED) is 0.728. The van der Waals surface area contributed by atoms with Crippen LogP contribution in [0.25, 0.3) is 0 Å². The zero-order valence-corrected chi connectivity index (χ0v) is 16.4. The van der Waals surface area contributed by atoms with Crippen molar-refractivity contribution < 1.29 is 24.2 Å². The van der Waals surface area contributed by atoms with E-state index in [1.165, 1.54) is 19.2 Å². The van der Waals surface area contributed by atoms with Gasteiger partial charge in [0.2, 0.25) is 11.8 Å². The number of amides is 2. The number of methoxy groups -OCH3 is 1. The Morgan fingerprint density at radius 3 is 2.45 bits per heavy atom. The number of esters is 1. The second-order valence-corrected chi connectivity index (χ2v) is 7.20. The second-order valence-electron chi connectivity index (χ2n) is 7.20. The third-order valence-electron chi connectivity index (χ3n) is 5.02. The van der Waals surface area contributed by atoms with Gasteiger partial charge in [-0.3, -0.25) is 9.59 Å². The van der Waals surface area contributed by atoms with Gasteiger partial charge in [-0.2, -0.15) is 0 Å². The number of benzene rings is 2. The number of hydrogen-bond donors (Lipinski definition) is 2. The van der Waals surface area contributed by atoms with Gasteiger partial charge in [0, 0.05) is 25.1 Å². The molecule has 2 unspecified atom stereocenters. The lowest BCUT2D eigenvalue weighted by atomic mass is 10.0. The number of hydrogen-bond acceptors (Lipinski definition) is 5. The summed E-state index contributed by atoms with van der Waals surface area (Å²) in [7, 11) is 1.26. The van der Waals surface area contributed by atoms with Crippen LogP contribution in [0.1, 0.15) is 17.5 Å². The minimum atomic E-state index is -0.874. The van der Waals surface area contributed by atoms with Crippen molar-refractivity contribution in [3.8, 4) is 5.75 Å². The molecule has 7 heteroatoms. The van der Waals surface area contributed by atoms with Crippen LogP contribution in [0, 0.1) is 12.8 Å². The summed E-state index contributed by atoms with van der Waals surface area (Å²) in [6.07, 6.45) is 0.313. The number of nitrogens with one attached hydrogen (secondary N) is 1. The molecule has 7 nitrogen and oxygen atoms in total. The van der Waals surface area contributed by atoms with Crippen molar-refractivity contribution in [3.05, 3.63) is 59.7 Å². The van der Waals surface area contributed by atoms with Crippen LogP contribution in [0.3, 0.4) is 0 Å². The fourth-order valence-corrected chi connectivity index (χ4v) is 3.35. The van der Waals surface area contributed by atoms with Crippen molar-refractivity contribution in [2.45, 2.75) is 25.8 Å². The first kappa shape index (κ1) is 20.4. The van der Waals surface area contributed by atoms with E-state index in [4.69, 9.17) is 4.74 Å². The number of aromatic hydroxyl groups is 1. The third kappa shape index (κ3) is 4.93. The first-order chi connectivity index (χ1) is 13.9. The van der Waals surface area contributed by atoms with Gasteiger partial charge >= 0.3 is 5.97 Å². The molecule has 152 valence electrons. The van der Waals surface area contributed by atoms with E-state index in [0.29, 0.717) is 0 Å². The standard InChI is InChI=1S/C22H24N2O5/c1-14-3-7-17(8-4-14)24-13-16(12-20(24)26)21(27)23-19(22(28)29-2)11-15-5-9-18(25)10-6-15/h3-10,16,19,25H,11-13H2,1-2H3,(H,23,27). The van der Waals surface area contributed by atoms with Crippen LogP contribution in [0.4, 0.5) is 5.69 Å². The number of aryl methyl sites for hydroxylation is 1. The zero-order valence-electron chi connectivity index (χ0n) is 16.4. The van der Waals surface area contributed by atoms with Crippen LogP contribution in [0.2, 0.25) is 0 Å². The predicted octanol–water partition coefficient (Wildman–Crippen LogP) is 1.95. The number of nitrogens with zero attached hydrogens (tertiary/aromatic N) is 1. The van der Waals surface area contributed by atoms with Gasteiger partial charge < -0.3 is 20.1 Å². The van der Waals surface area contributed by atoms with Crippen LogP contribution in [-0.2, 0) is 25.5 Å². The number of carbonyl (C=O) groups excluding carboxylic acids is 3. The first-order valence-corrected chi connectivity index (χ1v) is 9.40. The highest BCUT2D eigenvalue weighted by atomic mass is 16.5. The van der Waals surface area contributed by atoms with Gasteiger partial charge in [-0.15, -0.1) is 0 Å². The molecule has 1 saturated heterocycles. The molecule has 0 radical (unpaired) electrons. The topological polar surface area (TPSA) is 95.9 Å². The summed E-state index contributed by atoms with van der Waals surface area (Å²) in [5.74, 6) is -1.47. The fraction of sp³-hybridized carbons (Fsp3) is 0.318. The summed E-state index contributed by atoms with van der Waals surface area (Å²) in [6, 6.07) is 13.1. The molecule has 2 N–H and O–H groups in total. The van der Waals surface area contributed by atoms with E-state index in [9.17, 15) is 19.5 Å². The van der Waals surface area contributed by atoms with Gasteiger partial charge in [-0.05, 0) is 36.8 Å². The van der Waals surface area contributed by atoms with E-state index in [1.807, 2.05) is 31.2 Å². The van der Waals surface area contributed by atoms with Gasteiger partial charge in [0.15, 0.2) is 0 Å². The van der Waals surface area contributed by atoms with Crippen molar-refractivity contribution in [1.82, 2.24) is 5.32 Å². The molecule has 3 rings (SSSR count). The number of carbonyl (C=O) groups is 3. The first-order valence-electron chi connectivity index (χ1n) is 9.40. The molecule has 0 spiro atoms. The summed E-state index contributed by atoms with van der Waals surface area (Å²) < 4.78 is 4.81. The monoisotopic (exact) mass is 396 g/mol. The average Bonchev–Trinajstić information content (AvgIpc) is 3.11. The molecule has 2 aromatic carbocycles. The van der Waals surface area contributed by atoms with E-state index in [0.717, 1.165) is 16.8 Å². The van der Waals surface area contributed by atoms with Crippen LogP contribution < -0.4 is 10.2 Å². The Kier molecular flexibility index (Phi) is 6.16. The maximum Gasteiger partial charge on any atom is 0.328 e. The largest absolute Gasteiger partial charge is 0.508 e. The SMILES string of the molecule is COC(=O)C(Cc1ccc(O)cc1)NC(=O)C1CC(=O)N(c2ccc(C)cc2)C1.